The Morgan fingerprint density at radius 1 is 0.328 bits per heavy atom. The van der Waals surface area contributed by atoms with Crippen molar-refractivity contribution in [3.05, 3.63) is 0 Å². The van der Waals surface area contributed by atoms with E-state index in [9.17, 15) is 4.79 Å². The monoisotopic (exact) mass is 886 g/mol. The molecule has 0 fully saturated rings. The fourth-order valence-corrected chi connectivity index (χ4v) is 5.24. The highest BCUT2D eigenvalue weighted by Gasteiger charge is 2.19. The summed E-state index contributed by atoms with van der Waals surface area (Å²) in [5.74, 6) is 0. The standard InChI is InChI=1S/C45H91NO15/c1-6-7-8-9-10-11-12-13-14-15-16-18-48-20-22-50-24-26-52-28-30-54-32-34-56-36-38-58-40-42-60-43-41-59-39-37-57-35-33-55-31-29-53-27-25-51-23-21-49-19-17-46(5)44(47)61-45(2,3)4/h6-43H2,1-5H3. The number of ether oxygens (including phenoxy) is 14. The van der Waals surface area contributed by atoms with E-state index in [4.69, 9.17) is 66.3 Å². The molecule has 0 atom stereocenters. The topological polar surface area (TPSA) is 150 Å². The molecule has 0 spiro atoms. The summed E-state index contributed by atoms with van der Waals surface area (Å²) < 4.78 is 77.1. The van der Waals surface area contributed by atoms with Crippen LogP contribution in [-0.2, 0) is 66.3 Å². The van der Waals surface area contributed by atoms with E-state index in [2.05, 4.69) is 6.92 Å². The number of unbranched alkanes of at least 4 members (excludes halogenated alkanes) is 10. The van der Waals surface area contributed by atoms with Gasteiger partial charge in [-0.1, -0.05) is 71.1 Å². The molecular formula is C45H91NO15. The summed E-state index contributed by atoms with van der Waals surface area (Å²) in [7, 11) is 1.68. The lowest BCUT2D eigenvalue weighted by molar-refractivity contribution is -0.0291. The Labute approximate surface area is 370 Å². The van der Waals surface area contributed by atoms with Crippen molar-refractivity contribution in [1.29, 1.82) is 0 Å². The molecule has 16 heteroatoms. The van der Waals surface area contributed by atoms with E-state index in [-0.39, 0.29) is 6.09 Å². The molecule has 0 saturated carbocycles. The minimum atomic E-state index is -0.512. The molecule has 0 bridgehead atoms. The number of nitrogens with zero attached hydrogens (tertiary/aromatic N) is 1. The molecule has 0 saturated heterocycles. The Balaban J connectivity index is 3.12. The Bertz CT molecular complexity index is 855. The summed E-state index contributed by atoms with van der Waals surface area (Å²) in [6, 6.07) is 0. The summed E-state index contributed by atoms with van der Waals surface area (Å²) >= 11 is 0. The van der Waals surface area contributed by atoms with Gasteiger partial charge >= 0.3 is 6.09 Å². The second-order valence-corrected chi connectivity index (χ2v) is 15.4. The first kappa shape index (κ1) is 59.8. The van der Waals surface area contributed by atoms with Gasteiger partial charge in [0.2, 0.25) is 0 Å². The van der Waals surface area contributed by atoms with Crippen molar-refractivity contribution in [3.63, 3.8) is 0 Å². The van der Waals surface area contributed by atoms with Crippen LogP contribution in [0.1, 0.15) is 98.3 Å². The molecule has 0 heterocycles. The van der Waals surface area contributed by atoms with Crippen molar-refractivity contribution in [2.24, 2.45) is 0 Å². The zero-order chi connectivity index (χ0) is 44.4. The third kappa shape index (κ3) is 53.0. The molecule has 0 aromatic rings. The molecule has 0 aliphatic heterocycles. The Kier molecular flexibility index (Phi) is 48.7. The third-order valence-electron chi connectivity index (χ3n) is 8.63. The number of rotatable bonds is 51. The molecule has 0 N–H and O–H groups in total. The average Bonchev–Trinajstić information content (AvgIpc) is 3.23. The van der Waals surface area contributed by atoms with Crippen LogP contribution in [0.4, 0.5) is 4.79 Å². The van der Waals surface area contributed by atoms with Crippen LogP contribution in [0.3, 0.4) is 0 Å². The number of carbonyl (C=O) groups is 1. The fraction of sp³-hybridized carbons (Fsp3) is 0.978. The van der Waals surface area contributed by atoms with Gasteiger partial charge < -0.3 is 71.2 Å². The highest BCUT2D eigenvalue weighted by molar-refractivity contribution is 5.67. The molecule has 16 nitrogen and oxygen atoms in total. The zero-order valence-electron chi connectivity index (χ0n) is 39.4. The maximum absolute atomic E-state index is 11.9. The number of amides is 1. The molecule has 366 valence electrons. The largest absolute Gasteiger partial charge is 0.444 e. The summed E-state index contributed by atoms with van der Waals surface area (Å²) in [5, 5.41) is 0. The van der Waals surface area contributed by atoms with E-state index in [1.165, 1.54) is 69.1 Å². The Morgan fingerprint density at radius 3 is 0.787 bits per heavy atom. The van der Waals surface area contributed by atoms with Gasteiger partial charge in [0.25, 0.3) is 0 Å². The van der Waals surface area contributed by atoms with Gasteiger partial charge in [-0.3, -0.25) is 0 Å². The molecule has 1 amide bonds. The molecule has 0 aromatic carbocycles. The lowest BCUT2D eigenvalue weighted by atomic mass is 10.1. The molecule has 0 radical (unpaired) electrons. The van der Waals surface area contributed by atoms with E-state index in [0.717, 1.165) is 13.0 Å². The smallest absolute Gasteiger partial charge is 0.410 e. The number of likely N-dealkylation sites (N-methyl/N-ethyl adjacent to an activating group) is 1. The van der Waals surface area contributed by atoms with E-state index in [1.807, 2.05) is 20.8 Å². The van der Waals surface area contributed by atoms with Crippen molar-refractivity contribution in [1.82, 2.24) is 4.90 Å². The maximum atomic E-state index is 11.9. The second-order valence-electron chi connectivity index (χ2n) is 15.4. The summed E-state index contributed by atoms with van der Waals surface area (Å²) in [6.45, 7) is 21.8. The molecule has 0 unspecified atom stereocenters. The van der Waals surface area contributed by atoms with Crippen LogP contribution in [0, 0.1) is 0 Å². The first-order valence-electron chi connectivity index (χ1n) is 23.3. The van der Waals surface area contributed by atoms with E-state index in [0.29, 0.717) is 172 Å². The summed E-state index contributed by atoms with van der Waals surface area (Å²) in [4.78, 5) is 13.4. The van der Waals surface area contributed by atoms with Gasteiger partial charge in [-0.05, 0) is 27.2 Å². The number of hydrogen-bond donors (Lipinski definition) is 0. The van der Waals surface area contributed by atoms with Crippen molar-refractivity contribution in [2.45, 2.75) is 104 Å². The highest BCUT2D eigenvalue weighted by Crippen LogP contribution is 2.11. The lowest BCUT2D eigenvalue weighted by Gasteiger charge is -2.24. The van der Waals surface area contributed by atoms with Crippen LogP contribution < -0.4 is 0 Å². The van der Waals surface area contributed by atoms with Crippen molar-refractivity contribution >= 4 is 6.09 Å². The SMILES string of the molecule is CCCCCCCCCCCCCOCCOCCOCCOCCOCCOCCOCCOCCOCCOCCOCCOCCOCCN(C)C(=O)OC(C)(C)C. The summed E-state index contributed by atoms with van der Waals surface area (Å²) in [6.07, 6.45) is 14.5. The number of hydrogen-bond acceptors (Lipinski definition) is 15. The van der Waals surface area contributed by atoms with Gasteiger partial charge in [0.05, 0.1) is 165 Å². The fourth-order valence-electron chi connectivity index (χ4n) is 5.24. The Hall–Kier alpha value is -1.25. The van der Waals surface area contributed by atoms with Gasteiger partial charge in [-0.15, -0.1) is 0 Å². The van der Waals surface area contributed by atoms with Gasteiger partial charge in [0, 0.05) is 20.2 Å². The molecule has 61 heavy (non-hydrogen) atoms. The van der Waals surface area contributed by atoms with Crippen LogP contribution in [0.2, 0.25) is 0 Å². The minimum absolute atomic E-state index is 0.364. The van der Waals surface area contributed by atoms with Crippen LogP contribution in [-0.4, -0.2) is 202 Å². The molecule has 0 aromatic heterocycles. The number of carbonyl (C=O) groups excluding carboxylic acids is 1. The van der Waals surface area contributed by atoms with Gasteiger partial charge in [-0.2, -0.15) is 0 Å². The maximum Gasteiger partial charge on any atom is 0.410 e. The minimum Gasteiger partial charge on any atom is -0.444 e. The van der Waals surface area contributed by atoms with E-state index in [1.54, 1.807) is 7.05 Å². The molecule has 0 aliphatic rings. The van der Waals surface area contributed by atoms with Crippen molar-refractivity contribution in [3.8, 4) is 0 Å². The van der Waals surface area contributed by atoms with E-state index >= 15 is 0 Å². The van der Waals surface area contributed by atoms with Gasteiger partial charge in [0.15, 0.2) is 0 Å². The average molecular weight is 886 g/mol. The normalized spacial score (nSPS) is 11.8. The molecule has 0 aliphatic carbocycles. The predicted molar refractivity (Wildman–Crippen MR) is 236 cm³/mol. The quantitative estimate of drug-likeness (QED) is 0.0622. The second kappa shape index (κ2) is 49.8. The van der Waals surface area contributed by atoms with E-state index < -0.39 is 5.60 Å². The first-order chi connectivity index (χ1) is 29.9. The molecular weight excluding hydrogens is 794 g/mol. The zero-order valence-corrected chi connectivity index (χ0v) is 39.4. The van der Waals surface area contributed by atoms with Gasteiger partial charge in [0.1, 0.15) is 5.60 Å². The van der Waals surface area contributed by atoms with Crippen molar-refractivity contribution < 1.29 is 71.1 Å². The Morgan fingerprint density at radius 2 is 0.541 bits per heavy atom. The van der Waals surface area contributed by atoms with Crippen LogP contribution in [0.5, 0.6) is 0 Å². The highest BCUT2D eigenvalue weighted by atomic mass is 16.6. The lowest BCUT2D eigenvalue weighted by Crippen LogP contribution is -2.36. The predicted octanol–water partition coefficient (Wildman–Crippen LogP) is 6.38. The third-order valence-corrected chi connectivity index (χ3v) is 8.63. The summed E-state index contributed by atoms with van der Waals surface area (Å²) in [5.41, 5.74) is -0.512. The molecule has 0 rings (SSSR count). The van der Waals surface area contributed by atoms with Crippen LogP contribution in [0.15, 0.2) is 0 Å². The first-order valence-corrected chi connectivity index (χ1v) is 23.3. The van der Waals surface area contributed by atoms with Crippen LogP contribution in [0.25, 0.3) is 0 Å². The van der Waals surface area contributed by atoms with Crippen LogP contribution >= 0.6 is 0 Å². The van der Waals surface area contributed by atoms with Gasteiger partial charge in [-0.25, -0.2) is 4.79 Å². The van der Waals surface area contributed by atoms with Crippen molar-refractivity contribution in [2.75, 3.05) is 185 Å².